The minimum Gasteiger partial charge on any atom is -0.497 e. The summed E-state index contributed by atoms with van der Waals surface area (Å²) >= 11 is 0. The molecule has 1 aliphatic heterocycles. The molecule has 5 atom stereocenters. The van der Waals surface area contributed by atoms with Crippen LogP contribution in [0.5, 0.6) is 11.5 Å². The van der Waals surface area contributed by atoms with Crippen LogP contribution in [0, 0.1) is 11.8 Å². The highest BCUT2D eigenvalue weighted by Gasteiger charge is 2.39. The van der Waals surface area contributed by atoms with Crippen molar-refractivity contribution in [2.75, 3.05) is 60.2 Å². The average Bonchev–Trinajstić information content (AvgIpc) is 3.62. The Morgan fingerprint density at radius 2 is 1.68 bits per heavy atom. The van der Waals surface area contributed by atoms with Crippen LogP contribution in [0.3, 0.4) is 0 Å². The van der Waals surface area contributed by atoms with Crippen LogP contribution in [-0.2, 0) is 24.5 Å². The molecular formula is C42H65N3O8. The molecule has 2 aromatic rings. The molecule has 1 saturated carbocycles. The van der Waals surface area contributed by atoms with Crippen LogP contribution < -0.4 is 14.8 Å². The average molecular weight is 740 g/mol. The standard InChI is InChI=1S/C42H65N3O8/c1-29(2)36-25-44(31(5)46)26-38(51-7)41(49)37(47)27-52-22-11-10-21-45(40(36)32-13-12-14-35(23-32)50-6)39(48)24-43-28-42(19-8-9-20-42)33-15-17-34(18-16-33)53-30(3)4/h12-18,23,29-30,36-38,40-41,43,47,49H,8-11,19-22,24-28H2,1-7H3/t36-,37+,38+,40-,41+/m1/s1. The molecule has 0 unspecified atom stereocenters. The number of aliphatic hydroxyl groups excluding tert-OH is 2. The van der Waals surface area contributed by atoms with Crippen molar-refractivity contribution in [3.8, 4) is 11.5 Å². The van der Waals surface area contributed by atoms with Crippen molar-refractivity contribution < 1.29 is 38.7 Å². The molecule has 1 saturated heterocycles. The van der Waals surface area contributed by atoms with Crippen molar-refractivity contribution in [1.29, 1.82) is 0 Å². The third-order valence-electron chi connectivity index (χ3n) is 11.1. The van der Waals surface area contributed by atoms with Crippen LogP contribution in [0.4, 0.5) is 0 Å². The van der Waals surface area contributed by atoms with Gasteiger partial charge in [0.2, 0.25) is 11.8 Å². The number of nitrogens with zero attached hydrogens (tertiary/aromatic N) is 2. The highest BCUT2D eigenvalue weighted by molar-refractivity contribution is 5.79. The first kappa shape index (κ1) is 42.5. The Morgan fingerprint density at radius 1 is 0.962 bits per heavy atom. The summed E-state index contributed by atoms with van der Waals surface area (Å²) in [7, 11) is 3.10. The second kappa shape index (κ2) is 20.5. The van der Waals surface area contributed by atoms with Crippen molar-refractivity contribution in [1.82, 2.24) is 15.1 Å². The van der Waals surface area contributed by atoms with Crippen LogP contribution in [-0.4, -0.2) is 116 Å². The van der Waals surface area contributed by atoms with E-state index in [-0.39, 0.29) is 54.9 Å². The summed E-state index contributed by atoms with van der Waals surface area (Å²) in [5.74, 6) is 1.21. The molecular weight excluding hydrogens is 674 g/mol. The van der Waals surface area contributed by atoms with E-state index < -0.39 is 24.4 Å². The zero-order chi connectivity index (χ0) is 38.5. The first-order valence-electron chi connectivity index (χ1n) is 19.5. The molecule has 4 rings (SSSR count). The van der Waals surface area contributed by atoms with Gasteiger partial charge in [-0.3, -0.25) is 9.59 Å². The lowest BCUT2D eigenvalue weighted by Crippen LogP contribution is -2.51. The molecule has 3 N–H and O–H groups in total. The third-order valence-corrected chi connectivity index (χ3v) is 11.1. The molecule has 1 heterocycles. The Kier molecular flexibility index (Phi) is 16.4. The highest BCUT2D eigenvalue weighted by atomic mass is 16.5. The number of rotatable bonds is 11. The molecule has 1 aliphatic carbocycles. The predicted octanol–water partition coefficient (Wildman–Crippen LogP) is 5.12. The molecule has 11 nitrogen and oxygen atoms in total. The molecule has 0 spiro atoms. The van der Waals surface area contributed by atoms with Crippen molar-refractivity contribution in [2.24, 2.45) is 11.8 Å². The maximum atomic E-state index is 14.7. The maximum Gasteiger partial charge on any atom is 0.237 e. The van der Waals surface area contributed by atoms with E-state index in [1.807, 2.05) is 43.0 Å². The smallest absolute Gasteiger partial charge is 0.237 e. The van der Waals surface area contributed by atoms with E-state index in [4.69, 9.17) is 18.9 Å². The van der Waals surface area contributed by atoms with Crippen LogP contribution in [0.2, 0.25) is 0 Å². The summed E-state index contributed by atoms with van der Waals surface area (Å²) in [5, 5.41) is 25.3. The number of hydrogen-bond acceptors (Lipinski definition) is 9. The monoisotopic (exact) mass is 739 g/mol. The summed E-state index contributed by atoms with van der Waals surface area (Å²) in [4.78, 5) is 31.6. The number of ether oxygens (including phenoxy) is 4. The third kappa shape index (κ3) is 11.6. The molecule has 2 fully saturated rings. The highest BCUT2D eigenvalue weighted by Crippen LogP contribution is 2.41. The lowest BCUT2D eigenvalue weighted by molar-refractivity contribution is -0.139. The molecule has 11 heteroatoms. The minimum absolute atomic E-state index is 0.0162. The summed E-state index contributed by atoms with van der Waals surface area (Å²) in [5.41, 5.74) is 2.13. The first-order chi connectivity index (χ1) is 25.4. The summed E-state index contributed by atoms with van der Waals surface area (Å²) in [6.45, 7) is 11.8. The van der Waals surface area contributed by atoms with E-state index >= 15 is 0 Å². The SMILES string of the molecule is COc1cccc([C@@H]2[C@@H](C(C)C)CN(C(C)=O)C[C@H](OC)[C@@H](O)[C@@H](O)COCCCCN2C(=O)CNCC2(c3ccc(OC(C)C)cc3)CCCC2)c1. The summed E-state index contributed by atoms with van der Waals surface area (Å²) in [6, 6.07) is 15.9. The molecule has 2 aliphatic rings. The van der Waals surface area contributed by atoms with Gasteiger partial charge in [0.05, 0.1) is 32.4 Å². The van der Waals surface area contributed by atoms with Crippen molar-refractivity contribution in [3.05, 3.63) is 59.7 Å². The van der Waals surface area contributed by atoms with E-state index in [0.29, 0.717) is 44.8 Å². The van der Waals surface area contributed by atoms with Crippen molar-refractivity contribution in [3.63, 3.8) is 0 Å². The zero-order valence-corrected chi connectivity index (χ0v) is 33.1. The van der Waals surface area contributed by atoms with E-state index in [9.17, 15) is 19.8 Å². The van der Waals surface area contributed by atoms with Gasteiger partial charge in [0.1, 0.15) is 29.8 Å². The lowest BCUT2D eigenvalue weighted by Gasteiger charge is -2.42. The number of aliphatic hydroxyl groups is 2. The van der Waals surface area contributed by atoms with Gasteiger partial charge in [-0.05, 0) is 80.8 Å². The Hall–Kier alpha value is -3.22. The van der Waals surface area contributed by atoms with Gasteiger partial charge in [-0.1, -0.05) is 51.0 Å². The van der Waals surface area contributed by atoms with Gasteiger partial charge >= 0.3 is 0 Å². The zero-order valence-electron chi connectivity index (χ0n) is 33.1. The molecule has 296 valence electrons. The van der Waals surface area contributed by atoms with Crippen molar-refractivity contribution in [2.45, 2.75) is 109 Å². The molecule has 2 aromatic carbocycles. The summed E-state index contributed by atoms with van der Waals surface area (Å²) < 4.78 is 23.0. The van der Waals surface area contributed by atoms with Crippen LogP contribution in [0.1, 0.15) is 90.3 Å². The van der Waals surface area contributed by atoms with Gasteiger partial charge in [0.15, 0.2) is 0 Å². The number of benzene rings is 2. The van der Waals surface area contributed by atoms with Gasteiger partial charge in [-0.2, -0.15) is 0 Å². The molecule has 53 heavy (non-hydrogen) atoms. The molecule has 0 bridgehead atoms. The van der Waals surface area contributed by atoms with Crippen LogP contribution in [0.15, 0.2) is 48.5 Å². The van der Waals surface area contributed by atoms with Crippen LogP contribution >= 0.6 is 0 Å². The first-order valence-corrected chi connectivity index (χ1v) is 19.5. The second-order valence-corrected chi connectivity index (χ2v) is 15.5. The van der Waals surface area contributed by atoms with Gasteiger partial charge in [0, 0.05) is 58.2 Å². The number of carbonyl (C=O) groups is 2. The van der Waals surface area contributed by atoms with E-state index in [1.54, 1.807) is 12.0 Å². The fourth-order valence-corrected chi connectivity index (χ4v) is 8.03. The predicted molar refractivity (Wildman–Crippen MR) is 206 cm³/mol. The second-order valence-electron chi connectivity index (χ2n) is 15.5. The van der Waals surface area contributed by atoms with Gasteiger partial charge in [-0.15, -0.1) is 0 Å². The van der Waals surface area contributed by atoms with Gasteiger partial charge < -0.3 is 44.3 Å². The number of amides is 2. The topological polar surface area (TPSA) is 130 Å². The maximum absolute atomic E-state index is 14.7. The summed E-state index contributed by atoms with van der Waals surface area (Å²) in [6.07, 6.45) is 2.56. The Balaban J connectivity index is 1.67. The number of carbonyl (C=O) groups excluding carboxylic acids is 2. The molecule has 0 aromatic heterocycles. The molecule has 0 radical (unpaired) electrons. The van der Waals surface area contributed by atoms with E-state index in [0.717, 1.165) is 37.0 Å². The Bertz CT molecular complexity index is 1410. The lowest BCUT2D eigenvalue weighted by atomic mass is 9.78. The normalized spacial score (nSPS) is 24.8. The quantitative estimate of drug-likeness (QED) is 0.288. The van der Waals surface area contributed by atoms with E-state index in [1.165, 1.54) is 19.6 Å². The van der Waals surface area contributed by atoms with Crippen LogP contribution in [0.25, 0.3) is 0 Å². The number of hydrogen-bond donors (Lipinski definition) is 3. The van der Waals surface area contributed by atoms with Gasteiger partial charge in [-0.25, -0.2) is 0 Å². The Labute approximate surface area is 317 Å². The Morgan fingerprint density at radius 3 is 2.30 bits per heavy atom. The number of nitrogens with one attached hydrogen (secondary N) is 1. The minimum atomic E-state index is -1.25. The fourth-order valence-electron chi connectivity index (χ4n) is 8.03. The molecule has 2 amide bonds. The van der Waals surface area contributed by atoms with E-state index in [2.05, 4.69) is 43.4 Å². The van der Waals surface area contributed by atoms with Gasteiger partial charge in [0.25, 0.3) is 0 Å². The van der Waals surface area contributed by atoms with Crippen molar-refractivity contribution >= 4 is 11.8 Å². The fraction of sp³-hybridized carbons (Fsp3) is 0.667. The largest absolute Gasteiger partial charge is 0.497 e. The number of methoxy groups -OCH3 is 2.